The summed E-state index contributed by atoms with van der Waals surface area (Å²) in [5.74, 6) is -0.0453. The second-order valence-electron chi connectivity index (χ2n) is 6.62. The number of thioether (sulfide) groups is 1. The maximum atomic E-state index is 12.3. The van der Waals surface area contributed by atoms with Gasteiger partial charge in [0.1, 0.15) is 0 Å². The number of rotatable bonds is 7. The van der Waals surface area contributed by atoms with Crippen LogP contribution in [-0.4, -0.2) is 58.5 Å². The molecule has 0 unspecified atom stereocenters. The highest BCUT2D eigenvalue weighted by Crippen LogP contribution is 2.20. The quantitative estimate of drug-likeness (QED) is 0.625. The summed E-state index contributed by atoms with van der Waals surface area (Å²) < 4.78 is 7.88. The molecule has 3 rings (SSSR count). The van der Waals surface area contributed by atoms with Gasteiger partial charge < -0.3 is 14.2 Å². The van der Waals surface area contributed by atoms with E-state index in [1.165, 1.54) is 23.1 Å². The lowest BCUT2D eigenvalue weighted by atomic mass is 10.2. The van der Waals surface area contributed by atoms with Crippen LogP contribution in [0.25, 0.3) is 10.2 Å². The summed E-state index contributed by atoms with van der Waals surface area (Å²) in [6.07, 6.45) is 2.12. The number of fused-ring (bicyclic) bond motifs is 1. The lowest BCUT2D eigenvalue weighted by Gasteiger charge is -2.14. The van der Waals surface area contributed by atoms with Crippen molar-refractivity contribution in [1.29, 1.82) is 0 Å². The highest BCUT2D eigenvalue weighted by atomic mass is 32.2. The standard InChI is InChI=1S/C20H25N3O4S2/c1-3-23-15-8-7-14(19(26)27-4-2)11-16(15)29-20(23)21-17(24)12-28-13-18(25)22-9-5-6-10-22/h7-8,11H,3-6,9-10,12-13H2,1-2H3. The van der Waals surface area contributed by atoms with Crippen LogP contribution in [0.15, 0.2) is 23.2 Å². The van der Waals surface area contributed by atoms with Crippen LogP contribution in [0.5, 0.6) is 0 Å². The molecule has 0 spiro atoms. The molecule has 1 saturated heterocycles. The fraction of sp³-hybridized carbons (Fsp3) is 0.500. The van der Waals surface area contributed by atoms with Crippen molar-refractivity contribution in [3.63, 3.8) is 0 Å². The Morgan fingerprint density at radius 3 is 2.62 bits per heavy atom. The van der Waals surface area contributed by atoms with Crippen molar-refractivity contribution in [2.24, 2.45) is 4.99 Å². The number of amides is 2. The van der Waals surface area contributed by atoms with Gasteiger partial charge >= 0.3 is 5.97 Å². The van der Waals surface area contributed by atoms with Crippen LogP contribution >= 0.6 is 23.1 Å². The van der Waals surface area contributed by atoms with Gasteiger partial charge in [-0.25, -0.2) is 4.79 Å². The fourth-order valence-corrected chi connectivity index (χ4v) is 5.08. The zero-order valence-corrected chi connectivity index (χ0v) is 18.3. The molecule has 0 N–H and O–H groups in total. The highest BCUT2D eigenvalue weighted by Gasteiger charge is 2.18. The SMILES string of the molecule is CCOC(=O)c1ccc2c(c1)sc(=NC(=O)CSCC(=O)N1CCCC1)n2CC. The minimum absolute atomic E-state index is 0.0947. The minimum atomic E-state index is -0.362. The molecule has 29 heavy (non-hydrogen) atoms. The first-order valence-electron chi connectivity index (χ1n) is 9.77. The van der Waals surface area contributed by atoms with Gasteiger partial charge in [0.2, 0.25) is 5.91 Å². The first kappa shape index (κ1) is 21.6. The Kier molecular flexibility index (Phi) is 7.49. The fourth-order valence-electron chi connectivity index (χ4n) is 3.23. The van der Waals surface area contributed by atoms with Crippen molar-refractivity contribution in [3.05, 3.63) is 28.6 Å². The monoisotopic (exact) mass is 435 g/mol. The number of aryl methyl sites for hydroxylation is 1. The third-order valence-corrected chi connectivity index (χ3v) is 6.58. The molecule has 1 aliphatic heterocycles. The number of thiazole rings is 1. The third-order valence-electron chi connectivity index (χ3n) is 4.64. The number of esters is 1. The molecular formula is C20H25N3O4S2. The van der Waals surface area contributed by atoms with Crippen LogP contribution in [0.3, 0.4) is 0 Å². The topological polar surface area (TPSA) is 81.0 Å². The average molecular weight is 436 g/mol. The molecule has 1 aromatic carbocycles. The van der Waals surface area contributed by atoms with Crippen LogP contribution in [0.4, 0.5) is 0 Å². The first-order chi connectivity index (χ1) is 14.0. The lowest BCUT2D eigenvalue weighted by Crippen LogP contribution is -2.29. The van der Waals surface area contributed by atoms with Gasteiger partial charge in [-0.3, -0.25) is 9.59 Å². The summed E-state index contributed by atoms with van der Waals surface area (Å²) in [4.78, 5) is 43.1. The van der Waals surface area contributed by atoms with Crippen molar-refractivity contribution in [3.8, 4) is 0 Å². The van der Waals surface area contributed by atoms with E-state index in [-0.39, 0.29) is 23.5 Å². The molecule has 1 aromatic heterocycles. The predicted octanol–water partition coefficient (Wildman–Crippen LogP) is 2.68. The number of benzene rings is 1. The summed E-state index contributed by atoms with van der Waals surface area (Å²) >= 11 is 2.68. The van der Waals surface area contributed by atoms with Gasteiger partial charge in [-0.15, -0.1) is 11.8 Å². The van der Waals surface area contributed by atoms with Crippen LogP contribution in [-0.2, 0) is 20.9 Å². The van der Waals surface area contributed by atoms with E-state index in [0.29, 0.717) is 29.3 Å². The summed E-state index contributed by atoms with van der Waals surface area (Å²) in [6.45, 7) is 6.38. The van der Waals surface area contributed by atoms with Gasteiger partial charge in [-0.1, -0.05) is 11.3 Å². The number of carbonyl (C=O) groups excluding carboxylic acids is 3. The molecule has 0 saturated carbocycles. The lowest BCUT2D eigenvalue weighted by molar-refractivity contribution is -0.127. The Morgan fingerprint density at radius 2 is 1.93 bits per heavy atom. The summed E-state index contributed by atoms with van der Waals surface area (Å²) in [5.41, 5.74) is 1.41. The van der Waals surface area contributed by atoms with Gasteiger partial charge in [0, 0.05) is 19.6 Å². The van der Waals surface area contributed by atoms with Gasteiger partial charge in [-0.2, -0.15) is 4.99 Å². The Labute approximate surface area is 177 Å². The highest BCUT2D eigenvalue weighted by molar-refractivity contribution is 8.00. The Balaban J connectivity index is 1.71. The molecular weight excluding hydrogens is 410 g/mol. The maximum absolute atomic E-state index is 12.3. The van der Waals surface area contributed by atoms with E-state index >= 15 is 0 Å². The second kappa shape index (κ2) is 10.1. The van der Waals surface area contributed by atoms with E-state index < -0.39 is 0 Å². The molecule has 1 aliphatic rings. The molecule has 9 heteroatoms. The first-order valence-corrected chi connectivity index (χ1v) is 11.7. The number of ether oxygens (including phenoxy) is 1. The minimum Gasteiger partial charge on any atom is -0.462 e. The van der Waals surface area contributed by atoms with E-state index in [9.17, 15) is 14.4 Å². The van der Waals surface area contributed by atoms with Crippen LogP contribution in [0.2, 0.25) is 0 Å². The average Bonchev–Trinajstić information content (AvgIpc) is 3.35. The van der Waals surface area contributed by atoms with E-state index in [4.69, 9.17) is 4.74 Å². The van der Waals surface area contributed by atoms with Crippen molar-refractivity contribution in [2.75, 3.05) is 31.2 Å². The maximum Gasteiger partial charge on any atom is 0.338 e. The van der Waals surface area contributed by atoms with Gasteiger partial charge in [0.25, 0.3) is 5.91 Å². The Hall–Kier alpha value is -2.13. The normalized spacial score (nSPS) is 14.6. The van der Waals surface area contributed by atoms with Crippen molar-refractivity contribution < 1.29 is 19.1 Å². The molecule has 2 heterocycles. The van der Waals surface area contributed by atoms with E-state index in [0.717, 1.165) is 36.1 Å². The number of carbonyl (C=O) groups is 3. The molecule has 0 bridgehead atoms. The van der Waals surface area contributed by atoms with Gasteiger partial charge in [0.15, 0.2) is 4.80 Å². The van der Waals surface area contributed by atoms with E-state index in [1.807, 2.05) is 22.5 Å². The third kappa shape index (κ3) is 5.27. The predicted molar refractivity (Wildman–Crippen MR) is 115 cm³/mol. The van der Waals surface area contributed by atoms with Crippen LogP contribution in [0.1, 0.15) is 37.0 Å². The largest absolute Gasteiger partial charge is 0.462 e. The number of aromatic nitrogens is 1. The molecule has 2 aromatic rings. The number of hydrogen-bond donors (Lipinski definition) is 0. The van der Waals surface area contributed by atoms with Crippen LogP contribution in [0, 0.1) is 0 Å². The molecule has 2 amide bonds. The summed E-state index contributed by atoms with van der Waals surface area (Å²) in [7, 11) is 0. The zero-order valence-electron chi connectivity index (χ0n) is 16.7. The van der Waals surface area contributed by atoms with Crippen molar-refractivity contribution in [1.82, 2.24) is 9.47 Å². The Morgan fingerprint density at radius 1 is 1.17 bits per heavy atom. The number of hydrogen-bond acceptors (Lipinski definition) is 6. The number of nitrogens with zero attached hydrogens (tertiary/aromatic N) is 3. The van der Waals surface area contributed by atoms with Gasteiger partial charge in [0.05, 0.1) is 33.9 Å². The molecule has 0 aliphatic carbocycles. The molecule has 1 fully saturated rings. The van der Waals surface area contributed by atoms with Gasteiger partial charge in [-0.05, 0) is 44.9 Å². The summed E-state index contributed by atoms with van der Waals surface area (Å²) in [6, 6.07) is 5.36. The smallest absolute Gasteiger partial charge is 0.338 e. The molecule has 0 radical (unpaired) electrons. The number of likely N-dealkylation sites (tertiary alicyclic amines) is 1. The van der Waals surface area contributed by atoms with Crippen molar-refractivity contribution >= 4 is 51.1 Å². The second-order valence-corrected chi connectivity index (χ2v) is 8.61. The van der Waals surface area contributed by atoms with Crippen molar-refractivity contribution in [2.45, 2.75) is 33.2 Å². The molecule has 7 nitrogen and oxygen atoms in total. The molecule has 0 atom stereocenters. The Bertz CT molecular complexity index is 974. The molecule has 156 valence electrons. The zero-order chi connectivity index (χ0) is 20.8. The van der Waals surface area contributed by atoms with Crippen LogP contribution < -0.4 is 4.80 Å². The summed E-state index contributed by atoms with van der Waals surface area (Å²) in [5, 5.41) is 0. The van der Waals surface area contributed by atoms with E-state index in [2.05, 4.69) is 4.99 Å². The van der Waals surface area contributed by atoms with E-state index in [1.54, 1.807) is 19.1 Å².